The van der Waals surface area contributed by atoms with E-state index in [1.165, 1.54) is 37.7 Å². The molecule has 2 atom stereocenters. The van der Waals surface area contributed by atoms with E-state index >= 15 is 0 Å². The minimum Gasteiger partial charge on any atom is -0.351 e. The highest BCUT2D eigenvalue weighted by molar-refractivity contribution is 5.82. The number of carbonyl (C=O) groups is 1. The average molecular weight is 383 g/mol. The Morgan fingerprint density at radius 1 is 1.18 bits per heavy atom. The minimum atomic E-state index is -0.110. The van der Waals surface area contributed by atoms with Crippen molar-refractivity contribution in [3.8, 4) is 0 Å². The lowest BCUT2D eigenvalue weighted by molar-refractivity contribution is -0.125. The molecule has 1 amide bonds. The number of nitrogens with one attached hydrogen (secondary N) is 1. The summed E-state index contributed by atoms with van der Waals surface area (Å²) in [5.41, 5.74) is 2.36. The third-order valence-electron chi connectivity index (χ3n) is 6.23. The molecule has 0 bridgehead atoms. The second kappa shape index (κ2) is 8.82. The van der Waals surface area contributed by atoms with E-state index in [0.717, 1.165) is 25.1 Å². The monoisotopic (exact) mass is 382 g/mol. The quantitative estimate of drug-likeness (QED) is 0.831. The molecule has 28 heavy (non-hydrogen) atoms. The average Bonchev–Trinajstić information content (AvgIpc) is 3.38. The van der Waals surface area contributed by atoms with Gasteiger partial charge < -0.3 is 5.32 Å². The Bertz CT molecular complexity index is 754. The molecule has 1 aliphatic heterocycles. The van der Waals surface area contributed by atoms with E-state index in [9.17, 15) is 4.79 Å². The standard InChI is InChI=1S/C21H30N6O/c1-16-7-9-17(10-8-16)12-22-21(28)20-11-19(27-15-23-24-25-27)14-26(20)13-18-5-3-2-4-6-18/h7-10,15,18-20H,2-6,11-14H2,1H3,(H,22,28)/t19-,20-/m0/s1. The molecule has 2 heterocycles. The van der Waals surface area contributed by atoms with E-state index in [-0.39, 0.29) is 18.0 Å². The summed E-state index contributed by atoms with van der Waals surface area (Å²) < 4.78 is 1.81. The molecule has 4 rings (SSSR count). The van der Waals surface area contributed by atoms with E-state index < -0.39 is 0 Å². The van der Waals surface area contributed by atoms with Gasteiger partial charge in [-0.05, 0) is 48.1 Å². The number of rotatable bonds is 6. The number of amides is 1. The molecule has 1 aromatic carbocycles. The smallest absolute Gasteiger partial charge is 0.237 e. The van der Waals surface area contributed by atoms with Gasteiger partial charge in [0.2, 0.25) is 5.91 Å². The fourth-order valence-electron chi connectivity index (χ4n) is 4.60. The van der Waals surface area contributed by atoms with Crippen molar-refractivity contribution in [2.24, 2.45) is 5.92 Å². The van der Waals surface area contributed by atoms with Crippen LogP contribution in [0.1, 0.15) is 55.7 Å². The second-order valence-electron chi connectivity index (χ2n) is 8.36. The maximum atomic E-state index is 13.0. The molecule has 150 valence electrons. The second-order valence-corrected chi connectivity index (χ2v) is 8.36. The summed E-state index contributed by atoms with van der Waals surface area (Å²) in [6.45, 7) is 4.48. The third-order valence-corrected chi connectivity index (χ3v) is 6.23. The molecule has 0 spiro atoms. The Morgan fingerprint density at radius 2 is 1.96 bits per heavy atom. The molecule has 0 unspecified atom stereocenters. The summed E-state index contributed by atoms with van der Waals surface area (Å²) in [6.07, 6.45) is 8.98. The normalized spacial score (nSPS) is 23.8. The zero-order valence-corrected chi connectivity index (χ0v) is 16.6. The number of carbonyl (C=O) groups excluding carboxylic acids is 1. The van der Waals surface area contributed by atoms with E-state index in [0.29, 0.717) is 12.5 Å². The molecule has 1 saturated carbocycles. The molecule has 2 aromatic rings. The van der Waals surface area contributed by atoms with Gasteiger partial charge in [0.25, 0.3) is 0 Å². The van der Waals surface area contributed by atoms with Crippen LogP contribution < -0.4 is 5.32 Å². The molecule has 1 saturated heterocycles. The van der Waals surface area contributed by atoms with Gasteiger partial charge in [-0.2, -0.15) is 0 Å². The number of likely N-dealkylation sites (tertiary alicyclic amines) is 1. The van der Waals surface area contributed by atoms with Gasteiger partial charge in [-0.15, -0.1) is 5.10 Å². The predicted octanol–water partition coefficient (Wildman–Crippen LogP) is 2.49. The van der Waals surface area contributed by atoms with E-state index in [2.05, 4.69) is 56.9 Å². The van der Waals surface area contributed by atoms with Crippen molar-refractivity contribution >= 4 is 5.91 Å². The maximum absolute atomic E-state index is 13.0. The van der Waals surface area contributed by atoms with Crippen LogP contribution in [0.2, 0.25) is 0 Å². The van der Waals surface area contributed by atoms with Crippen LogP contribution in [0.15, 0.2) is 30.6 Å². The Kier molecular flexibility index (Phi) is 6.00. The van der Waals surface area contributed by atoms with Gasteiger partial charge in [0.1, 0.15) is 6.33 Å². The van der Waals surface area contributed by atoms with Crippen molar-refractivity contribution in [1.29, 1.82) is 0 Å². The summed E-state index contributed by atoms with van der Waals surface area (Å²) in [4.78, 5) is 15.4. The number of nitrogens with zero attached hydrogens (tertiary/aromatic N) is 5. The molecule has 1 aliphatic carbocycles. The number of aromatic nitrogens is 4. The minimum absolute atomic E-state index is 0.110. The van der Waals surface area contributed by atoms with Crippen LogP contribution in [0, 0.1) is 12.8 Å². The fourth-order valence-corrected chi connectivity index (χ4v) is 4.60. The molecule has 2 fully saturated rings. The van der Waals surface area contributed by atoms with E-state index in [1.807, 2.05) is 0 Å². The van der Waals surface area contributed by atoms with Crippen molar-refractivity contribution < 1.29 is 4.79 Å². The first-order valence-corrected chi connectivity index (χ1v) is 10.5. The summed E-state index contributed by atoms with van der Waals surface area (Å²) in [5.74, 6) is 0.820. The van der Waals surface area contributed by atoms with Gasteiger partial charge >= 0.3 is 0 Å². The van der Waals surface area contributed by atoms with Crippen LogP contribution in [0.4, 0.5) is 0 Å². The summed E-state index contributed by atoms with van der Waals surface area (Å²) in [7, 11) is 0. The summed E-state index contributed by atoms with van der Waals surface area (Å²) in [6, 6.07) is 8.37. The Balaban J connectivity index is 1.41. The summed E-state index contributed by atoms with van der Waals surface area (Å²) >= 11 is 0. The predicted molar refractivity (Wildman–Crippen MR) is 106 cm³/mol. The highest BCUT2D eigenvalue weighted by Crippen LogP contribution is 2.31. The lowest BCUT2D eigenvalue weighted by Gasteiger charge is -2.30. The summed E-state index contributed by atoms with van der Waals surface area (Å²) in [5, 5.41) is 14.8. The number of hydrogen-bond acceptors (Lipinski definition) is 5. The van der Waals surface area contributed by atoms with Crippen LogP contribution in [0.5, 0.6) is 0 Å². The zero-order valence-electron chi connectivity index (χ0n) is 16.6. The van der Waals surface area contributed by atoms with Gasteiger partial charge in [0.15, 0.2) is 0 Å². The van der Waals surface area contributed by atoms with Gasteiger partial charge in [-0.3, -0.25) is 9.69 Å². The molecule has 0 radical (unpaired) electrons. The first-order valence-electron chi connectivity index (χ1n) is 10.5. The maximum Gasteiger partial charge on any atom is 0.237 e. The van der Waals surface area contributed by atoms with Gasteiger partial charge in [-0.1, -0.05) is 49.1 Å². The number of tetrazole rings is 1. The Labute approximate surface area is 166 Å². The fraction of sp³-hybridized carbons (Fsp3) is 0.619. The van der Waals surface area contributed by atoms with Crippen molar-refractivity contribution in [3.05, 3.63) is 41.7 Å². The lowest BCUT2D eigenvalue weighted by Crippen LogP contribution is -2.44. The molecule has 7 nitrogen and oxygen atoms in total. The van der Waals surface area contributed by atoms with Crippen molar-refractivity contribution in [2.75, 3.05) is 13.1 Å². The topological polar surface area (TPSA) is 75.9 Å². The molecule has 1 aromatic heterocycles. The lowest BCUT2D eigenvalue weighted by atomic mass is 9.89. The van der Waals surface area contributed by atoms with Gasteiger partial charge in [-0.25, -0.2) is 4.68 Å². The van der Waals surface area contributed by atoms with Crippen molar-refractivity contribution in [1.82, 2.24) is 30.4 Å². The van der Waals surface area contributed by atoms with Crippen LogP contribution >= 0.6 is 0 Å². The third kappa shape index (κ3) is 4.58. The molecule has 1 N–H and O–H groups in total. The van der Waals surface area contributed by atoms with Gasteiger partial charge in [0.05, 0.1) is 12.1 Å². The highest BCUT2D eigenvalue weighted by atomic mass is 16.2. The number of aryl methyl sites for hydroxylation is 1. The molecular formula is C21H30N6O. The molecule has 7 heteroatoms. The Hall–Kier alpha value is -2.28. The molecule has 2 aliphatic rings. The van der Waals surface area contributed by atoms with Gasteiger partial charge in [0, 0.05) is 19.6 Å². The Morgan fingerprint density at radius 3 is 2.68 bits per heavy atom. The highest BCUT2D eigenvalue weighted by Gasteiger charge is 2.39. The first kappa shape index (κ1) is 19.1. The van der Waals surface area contributed by atoms with Crippen LogP contribution in [0.3, 0.4) is 0 Å². The first-order chi connectivity index (χ1) is 13.7. The zero-order chi connectivity index (χ0) is 19.3. The van der Waals surface area contributed by atoms with E-state index in [4.69, 9.17) is 0 Å². The van der Waals surface area contributed by atoms with Crippen molar-refractivity contribution in [2.45, 2.75) is 64.1 Å². The van der Waals surface area contributed by atoms with Crippen LogP contribution in [0.25, 0.3) is 0 Å². The van der Waals surface area contributed by atoms with Crippen LogP contribution in [-0.4, -0.2) is 50.1 Å². The van der Waals surface area contributed by atoms with E-state index in [1.54, 1.807) is 11.0 Å². The van der Waals surface area contributed by atoms with Crippen molar-refractivity contribution in [3.63, 3.8) is 0 Å². The number of hydrogen-bond donors (Lipinski definition) is 1. The molecular weight excluding hydrogens is 352 g/mol. The van der Waals surface area contributed by atoms with Crippen LogP contribution in [-0.2, 0) is 11.3 Å². The number of benzene rings is 1. The SMILES string of the molecule is Cc1ccc(CNC(=O)[C@@H]2C[C@H](n3cnnn3)CN2CC2CCCCC2)cc1. The largest absolute Gasteiger partial charge is 0.351 e.